The fraction of sp³-hybridized carbons (Fsp3) is 0.538. The van der Waals surface area contributed by atoms with Crippen molar-refractivity contribution in [3.05, 3.63) is 29.8 Å². The molecule has 0 radical (unpaired) electrons. The highest BCUT2D eigenvalue weighted by atomic mass is 32.2. The van der Waals surface area contributed by atoms with Gasteiger partial charge in [0.2, 0.25) is 6.41 Å². The molecule has 5 nitrogen and oxygen atoms in total. The van der Waals surface area contributed by atoms with E-state index in [4.69, 9.17) is 9.52 Å². The van der Waals surface area contributed by atoms with E-state index in [-0.39, 0.29) is 0 Å². The Kier molecular flexibility index (Phi) is 5.09. The minimum atomic E-state index is -2.67. The van der Waals surface area contributed by atoms with Crippen LogP contribution in [0.15, 0.2) is 29.2 Å². The van der Waals surface area contributed by atoms with Crippen LogP contribution in [-0.2, 0) is 21.0 Å². The van der Waals surface area contributed by atoms with E-state index < -0.39 is 21.7 Å². The fourth-order valence-electron chi connectivity index (χ4n) is 1.45. The highest BCUT2D eigenvalue weighted by Gasteiger charge is 2.15. The van der Waals surface area contributed by atoms with Gasteiger partial charge in [0, 0.05) is 17.7 Å². The fourth-order valence-corrected chi connectivity index (χ4v) is 2.10. The van der Waals surface area contributed by atoms with Crippen LogP contribution in [0.4, 0.5) is 0 Å². The van der Waals surface area contributed by atoms with Gasteiger partial charge in [-0.1, -0.05) is 12.1 Å². The zero-order valence-electron chi connectivity index (χ0n) is 11.8. The van der Waals surface area contributed by atoms with Gasteiger partial charge in [0.25, 0.3) is 0 Å². The summed E-state index contributed by atoms with van der Waals surface area (Å²) in [6, 6.07) is 6.90. The molecule has 2 unspecified atom stereocenters. The van der Waals surface area contributed by atoms with Crippen LogP contribution in [0.25, 0.3) is 0 Å². The number of aliphatic hydroxyl groups is 1. The van der Waals surface area contributed by atoms with Crippen LogP contribution in [0.5, 0.6) is 0 Å². The van der Waals surface area contributed by atoms with E-state index in [2.05, 4.69) is 5.32 Å². The Morgan fingerprint density at radius 3 is 2.32 bits per heavy atom. The van der Waals surface area contributed by atoms with Crippen molar-refractivity contribution in [1.82, 2.24) is 5.32 Å². The molecule has 0 saturated heterocycles. The smallest absolute Gasteiger partial charge is 0.214 e. The first-order chi connectivity index (χ1) is 8.58. The Bertz CT molecular complexity index is 504. The molecule has 0 aliphatic carbocycles. The van der Waals surface area contributed by atoms with Crippen molar-refractivity contribution < 1.29 is 14.1 Å². The average molecular weight is 286 g/mol. The summed E-state index contributed by atoms with van der Waals surface area (Å²) < 4.78 is 24.3. The molecule has 1 rings (SSSR count). The maximum absolute atomic E-state index is 11.5. The van der Waals surface area contributed by atoms with Gasteiger partial charge in [0.15, 0.2) is 0 Å². The van der Waals surface area contributed by atoms with Crippen molar-refractivity contribution >= 4 is 9.73 Å². The summed E-state index contributed by atoms with van der Waals surface area (Å²) in [4.78, 5) is 0.503. The van der Waals surface area contributed by atoms with E-state index in [0.29, 0.717) is 11.4 Å². The lowest BCUT2D eigenvalue weighted by Gasteiger charge is -2.24. The molecule has 0 aliphatic rings. The summed E-state index contributed by atoms with van der Waals surface area (Å²) in [6.07, 6.45) is 0.354. The second-order valence-corrected chi connectivity index (χ2v) is 7.61. The molecule has 0 amide bonds. The predicted molar refractivity (Wildman–Crippen MR) is 75.2 cm³/mol. The number of hydrogen-bond acceptors (Lipinski definition) is 5. The SMILES string of the molecule is CC(C)(C)OC(O)NCc1ccc(S(C)(=N)=O)cc1. The number of ether oxygens (including phenoxy) is 1. The van der Waals surface area contributed by atoms with Crippen molar-refractivity contribution in [3.8, 4) is 0 Å². The minimum absolute atomic E-state index is 0.421. The molecular weight excluding hydrogens is 264 g/mol. The van der Waals surface area contributed by atoms with Crippen LogP contribution in [0, 0.1) is 4.78 Å². The van der Waals surface area contributed by atoms with Crippen LogP contribution in [0.2, 0.25) is 0 Å². The molecular formula is C13H22N2O3S. The average Bonchev–Trinajstić information content (AvgIpc) is 2.23. The summed E-state index contributed by atoms with van der Waals surface area (Å²) >= 11 is 0. The summed E-state index contributed by atoms with van der Waals surface area (Å²) in [5.74, 6) is 0. The molecule has 3 N–H and O–H groups in total. The van der Waals surface area contributed by atoms with Gasteiger partial charge in [-0.3, -0.25) is 5.32 Å². The zero-order chi connectivity index (χ0) is 14.7. The maximum atomic E-state index is 11.5. The highest BCUT2D eigenvalue weighted by molar-refractivity contribution is 7.91. The van der Waals surface area contributed by atoms with Gasteiger partial charge in [-0.2, -0.15) is 0 Å². The quantitative estimate of drug-likeness (QED) is 0.722. The van der Waals surface area contributed by atoms with Crippen molar-refractivity contribution in [1.29, 1.82) is 4.78 Å². The Balaban J connectivity index is 2.55. The van der Waals surface area contributed by atoms with E-state index >= 15 is 0 Å². The number of nitrogens with one attached hydrogen (secondary N) is 2. The number of benzene rings is 1. The Hall–Kier alpha value is -0.950. The summed E-state index contributed by atoms with van der Waals surface area (Å²) in [5.41, 5.74) is 0.499. The molecule has 2 atom stereocenters. The first-order valence-electron chi connectivity index (χ1n) is 6.00. The van der Waals surface area contributed by atoms with Gasteiger partial charge in [0.05, 0.1) is 15.3 Å². The lowest BCUT2D eigenvalue weighted by atomic mass is 10.2. The molecule has 0 heterocycles. The molecule has 0 aromatic heterocycles. The molecule has 1 aromatic rings. The van der Waals surface area contributed by atoms with Crippen molar-refractivity contribution in [2.45, 2.75) is 44.2 Å². The minimum Gasteiger partial charge on any atom is -0.356 e. The van der Waals surface area contributed by atoms with Gasteiger partial charge >= 0.3 is 0 Å². The van der Waals surface area contributed by atoms with Crippen molar-refractivity contribution in [2.75, 3.05) is 6.26 Å². The summed E-state index contributed by atoms with van der Waals surface area (Å²) in [5, 5.41) is 12.4. The largest absolute Gasteiger partial charge is 0.356 e. The number of aliphatic hydroxyl groups excluding tert-OH is 1. The normalized spacial score (nSPS) is 16.9. The summed E-state index contributed by atoms with van der Waals surface area (Å²) in [6.45, 7) is 6.01. The third-order valence-corrected chi connectivity index (χ3v) is 3.49. The van der Waals surface area contributed by atoms with Gasteiger partial charge in [-0.15, -0.1) is 0 Å². The van der Waals surface area contributed by atoms with Gasteiger partial charge in [0.1, 0.15) is 0 Å². The topological polar surface area (TPSA) is 82.4 Å². The van der Waals surface area contributed by atoms with Crippen LogP contribution in [0.3, 0.4) is 0 Å². The second kappa shape index (κ2) is 6.00. The third-order valence-electron chi connectivity index (χ3n) is 2.32. The lowest BCUT2D eigenvalue weighted by Crippen LogP contribution is -2.37. The van der Waals surface area contributed by atoms with Crippen LogP contribution >= 0.6 is 0 Å². The van der Waals surface area contributed by atoms with E-state index in [1.54, 1.807) is 24.3 Å². The van der Waals surface area contributed by atoms with Crippen molar-refractivity contribution in [3.63, 3.8) is 0 Å². The van der Waals surface area contributed by atoms with Gasteiger partial charge in [-0.05, 0) is 38.5 Å². The number of hydrogen-bond donors (Lipinski definition) is 3. The van der Waals surface area contributed by atoms with Crippen LogP contribution in [0.1, 0.15) is 26.3 Å². The molecule has 0 aliphatic heterocycles. The monoisotopic (exact) mass is 286 g/mol. The predicted octanol–water partition coefficient (Wildman–Crippen LogP) is 1.90. The van der Waals surface area contributed by atoms with Crippen LogP contribution in [-0.4, -0.2) is 27.6 Å². The molecule has 0 fully saturated rings. The Labute approximate surface area is 115 Å². The van der Waals surface area contributed by atoms with E-state index in [9.17, 15) is 9.32 Å². The molecule has 19 heavy (non-hydrogen) atoms. The van der Waals surface area contributed by atoms with E-state index in [1.807, 2.05) is 20.8 Å². The molecule has 0 bridgehead atoms. The molecule has 1 aromatic carbocycles. The molecule has 0 spiro atoms. The zero-order valence-corrected chi connectivity index (χ0v) is 12.6. The maximum Gasteiger partial charge on any atom is 0.214 e. The molecule has 108 valence electrons. The standard InChI is InChI=1S/C13H22N2O3S/c1-13(2,3)18-12(16)15-9-10-5-7-11(8-6-10)19(4,14)17/h5-8,12,14-16H,9H2,1-4H3. The second-order valence-electron chi connectivity index (χ2n) is 5.45. The molecule has 6 heteroatoms. The highest BCUT2D eigenvalue weighted by Crippen LogP contribution is 2.12. The summed E-state index contributed by atoms with van der Waals surface area (Å²) in [7, 11) is -2.67. The lowest BCUT2D eigenvalue weighted by molar-refractivity contribution is -0.182. The van der Waals surface area contributed by atoms with E-state index in [1.165, 1.54) is 6.26 Å². The first-order valence-corrected chi connectivity index (χ1v) is 7.96. The van der Waals surface area contributed by atoms with Crippen LogP contribution < -0.4 is 5.32 Å². The van der Waals surface area contributed by atoms with Crippen molar-refractivity contribution in [2.24, 2.45) is 0 Å². The number of rotatable bonds is 5. The Morgan fingerprint density at radius 2 is 1.89 bits per heavy atom. The van der Waals surface area contributed by atoms with E-state index in [0.717, 1.165) is 5.56 Å². The Morgan fingerprint density at radius 1 is 1.37 bits per heavy atom. The first kappa shape index (κ1) is 16.1. The van der Waals surface area contributed by atoms with Gasteiger partial charge in [-0.25, -0.2) is 8.99 Å². The third kappa shape index (κ3) is 6.15. The molecule has 0 saturated carbocycles. The van der Waals surface area contributed by atoms with Gasteiger partial charge < -0.3 is 9.84 Å².